The molecule has 1 aromatic rings. The summed E-state index contributed by atoms with van der Waals surface area (Å²) >= 11 is 0.687. The van der Waals surface area contributed by atoms with Crippen molar-refractivity contribution in [2.45, 2.75) is 22.2 Å². The van der Waals surface area contributed by atoms with Gasteiger partial charge in [-0.1, -0.05) is 6.07 Å². The fraction of sp³-hybridized carbons (Fsp3) is 0.250. The van der Waals surface area contributed by atoms with Crippen molar-refractivity contribution in [2.24, 2.45) is 5.14 Å². The Morgan fingerprint density at radius 2 is 1.88 bits per heavy atom. The molecule has 1 aromatic carbocycles. The zero-order chi connectivity index (χ0) is 12.6. The van der Waals surface area contributed by atoms with Gasteiger partial charge in [0.05, 0.1) is 4.90 Å². The van der Waals surface area contributed by atoms with Gasteiger partial charge >= 0.3 is 5.51 Å². The number of benzene rings is 1. The number of hydrogen-bond acceptors (Lipinski definition) is 4. The number of sulfone groups is 1. The van der Waals surface area contributed by atoms with Crippen LogP contribution in [0, 0.1) is 6.92 Å². The van der Waals surface area contributed by atoms with Gasteiger partial charge in [0, 0.05) is 4.90 Å². The van der Waals surface area contributed by atoms with Crippen LogP contribution in [0.2, 0.25) is 0 Å². The fourth-order valence-electron chi connectivity index (χ4n) is 1.07. The number of nitrogens with two attached hydrogens (primary N) is 1. The van der Waals surface area contributed by atoms with Crippen molar-refractivity contribution in [1.82, 2.24) is 0 Å². The van der Waals surface area contributed by atoms with Crippen LogP contribution >= 0.6 is 11.9 Å². The van der Waals surface area contributed by atoms with Crippen LogP contribution in [0.15, 0.2) is 28.0 Å². The number of aryl methyl sites for hydroxylation is 1. The van der Waals surface area contributed by atoms with E-state index in [1.54, 1.807) is 0 Å². The highest BCUT2D eigenvalue weighted by Crippen LogP contribution is 2.33. The first kappa shape index (κ1) is 13.3. The van der Waals surface area contributed by atoms with Gasteiger partial charge in [-0.2, -0.15) is 13.2 Å². The molecule has 0 aliphatic carbocycles. The van der Waals surface area contributed by atoms with Crippen molar-refractivity contribution >= 4 is 21.8 Å². The molecule has 0 spiro atoms. The van der Waals surface area contributed by atoms with Crippen LogP contribution in [-0.2, 0) is 9.84 Å². The van der Waals surface area contributed by atoms with E-state index in [2.05, 4.69) is 0 Å². The van der Waals surface area contributed by atoms with Crippen LogP contribution in [0.25, 0.3) is 0 Å². The van der Waals surface area contributed by atoms with Crippen LogP contribution in [0.1, 0.15) is 5.56 Å². The molecule has 0 saturated heterocycles. The van der Waals surface area contributed by atoms with Crippen LogP contribution in [0.3, 0.4) is 0 Å². The Hall–Kier alpha value is -0.730. The minimum absolute atomic E-state index is 0.0372. The van der Waals surface area contributed by atoms with Crippen molar-refractivity contribution in [2.75, 3.05) is 0 Å². The highest BCUT2D eigenvalue weighted by Gasteiger charge is 2.47. The molecule has 0 radical (unpaired) electrons. The Labute approximate surface area is 94.9 Å². The molecule has 8 heteroatoms. The standard InChI is InChI=1S/C8H8F3NO2S2/c1-5-2-3-6(15-12)4-7(5)16(13,14)8(9,10)11/h2-4H,12H2,1H3. The van der Waals surface area contributed by atoms with E-state index in [0.29, 0.717) is 11.9 Å². The van der Waals surface area contributed by atoms with Crippen LogP contribution in [0.4, 0.5) is 13.2 Å². The average molecular weight is 271 g/mol. The molecule has 0 fully saturated rings. The van der Waals surface area contributed by atoms with E-state index in [1.807, 2.05) is 0 Å². The molecule has 0 atom stereocenters. The average Bonchev–Trinajstić information content (AvgIpc) is 2.16. The summed E-state index contributed by atoms with van der Waals surface area (Å²) in [4.78, 5) is -0.496. The van der Waals surface area contributed by atoms with Crippen molar-refractivity contribution in [3.05, 3.63) is 23.8 Å². The van der Waals surface area contributed by atoms with Crippen molar-refractivity contribution in [3.8, 4) is 0 Å². The predicted molar refractivity (Wildman–Crippen MR) is 54.5 cm³/mol. The van der Waals surface area contributed by atoms with Gasteiger partial charge in [0.1, 0.15) is 0 Å². The number of hydrogen-bond donors (Lipinski definition) is 1. The van der Waals surface area contributed by atoms with Gasteiger partial charge in [0.25, 0.3) is 9.84 Å². The van der Waals surface area contributed by atoms with E-state index in [4.69, 9.17) is 5.14 Å². The van der Waals surface area contributed by atoms with Crippen molar-refractivity contribution in [1.29, 1.82) is 0 Å². The van der Waals surface area contributed by atoms with Gasteiger partial charge in [-0.25, -0.2) is 8.42 Å². The third kappa shape index (κ3) is 2.33. The summed E-state index contributed by atoms with van der Waals surface area (Å²) in [7, 11) is -5.31. The Bertz CT molecular complexity index is 496. The fourth-order valence-corrected chi connectivity index (χ4v) is 2.50. The lowest BCUT2D eigenvalue weighted by atomic mass is 10.2. The Morgan fingerprint density at radius 1 is 1.31 bits per heavy atom. The van der Waals surface area contributed by atoms with E-state index >= 15 is 0 Å². The second-order valence-electron chi connectivity index (χ2n) is 2.99. The SMILES string of the molecule is Cc1ccc(SN)cc1S(=O)(=O)C(F)(F)F. The van der Waals surface area contributed by atoms with Gasteiger partial charge in [0.2, 0.25) is 0 Å². The van der Waals surface area contributed by atoms with Gasteiger partial charge in [-0.3, -0.25) is 5.14 Å². The molecule has 0 amide bonds. The van der Waals surface area contributed by atoms with Crippen molar-refractivity contribution in [3.63, 3.8) is 0 Å². The van der Waals surface area contributed by atoms with E-state index in [9.17, 15) is 21.6 Å². The quantitative estimate of drug-likeness (QED) is 0.838. The van der Waals surface area contributed by atoms with Crippen LogP contribution in [-0.4, -0.2) is 13.9 Å². The van der Waals surface area contributed by atoms with Crippen LogP contribution in [0.5, 0.6) is 0 Å². The molecule has 3 nitrogen and oxygen atoms in total. The molecular weight excluding hydrogens is 263 g/mol. The summed E-state index contributed by atoms with van der Waals surface area (Å²) in [5, 5.41) is 5.16. The molecule has 0 heterocycles. The summed E-state index contributed by atoms with van der Waals surface area (Å²) in [6.45, 7) is 1.30. The topological polar surface area (TPSA) is 60.2 Å². The van der Waals surface area contributed by atoms with Gasteiger partial charge in [-0.15, -0.1) is 0 Å². The molecule has 1 rings (SSSR count). The second kappa shape index (κ2) is 4.27. The Balaban J connectivity index is 3.44. The van der Waals surface area contributed by atoms with E-state index in [0.717, 1.165) is 6.07 Å². The molecule has 0 aliphatic heterocycles. The van der Waals surface area contributed by atoms with Crippen LogP contribution < -0.4 is 5.14 Å². The van der Waals surface area contributed by atoms with E-state index in [1.165, 1.54) is 19.1 Å². The number of alkyl halides is 3. The molecule has 2 N–H and O–H groups in total. The maximum atomic E-state index is 12.3. The normalized spacial score (nSPS) is 12.8. The summed E-state index contributed by atoms with van der Waals surface area (Å²) in [6, 6.07) is 3.66. The first-order valence-corrected chi connectivity index (χ1v) is 6.35. The molecule has 0 unspecified atom stereocenters. The minimum Gasteiger partial charge on any atom is -0.274 e. The summed E-state index contributed by atoms with van der Waals surface area (Å²) in [6.07, 6.45) is 0. The summed E-state index contributed by atoms with van der Waals surface area (Å²) in [5.41, 5.74) is -5.26. The maximum absolute atomic E-state index is 12.3. The Morgan fingerprint density at radius 3 is 2.31 bits per heavy atom. The highest BCUT2D eigenvalue weighted by atomic mass is 32.2. The molecule has 90 valence electrons. The monoisotopic (exact) mass is 271 g/mol. The van der Waals surface area contributed by atoms with E-state index in [-0.39, 0.29) is 10.5 Å². The van der Waals surface area contributed by atoms with E-state index < -0.39 is 20.2 Å². The smallest absolute Gasteiger partial charge is 0.274 e. The first-order chi connectivity index (χ1) is 7.20. The molecule has 0 saturated carbocycles. The van der Waals surface area contributed by atoms with Gasteiger partial charge in [0.15, 0.2) is 0 Å². The minimum atomic E-state index is -5.31. The predicted octanol–water partition coefficient (Wildman–Crippen LogP) is 2.25. The lowest BCUT2D eigenvalue weighted by molar-refractivity contribution is -0.0436. The third-order valence-corrected chi connectivity index (χ3v) is 4.04. The summed E-state index contributed by atoms with van der Waals surface area (Å²) in [5.74, 6) is 0. The zero-order valence-electron chi connectivity index (χ0n) is 8.08. The lowest BCUT2D eigenvalue weighted by Gasteiger charge is -2.11. The highest BCUT2D eigenvalue weighted by molar-refractivity contribution is 7.97. The Kier molecular flexibility index (Phi) is 3.56. The molecule has 0 bridgehead atoms. The number of halogens is 3. The summed E-state index contributed by atoms with van der Waals surface area (Å²) < 4.78 is 59.3. The molecular formula is C8H8F3NO2S2. The third-order valence-electron chi connectivity index (χ3n) is 1.89. The lowest BCUT2D eigenvalue weighted by Crippen LogP contribution is -2.24. The largest absolute Gasteiger partial charge is 0.501 e. The van der Waals surface area contributed by atoms with Gasteiger partial charge < -0.3 is 0 Å². The first-order valence-electron chi connectivity index (χ1n) is 3.99. The zero-order valence-corrected chi connectivity index (χ0v) is 9.71. The molecule has 0 aromatic heterocycles. The van der Waals surface area contributed by atoms with Gasteiger partial charge in [-0.05, 0) is 36.6 Å². The second-order valence-corrected chi connectivity index (χ2v) is 5.61. The maximum Gasteiger partial charge on any atom is 0.501 e. The number of rotatable bonds is 2. The van der Waals surface area contributed by atoms with Crippen molar-refractivity contribution < 1.29 is 21.6 Å². The molecule has 16 heavy (non-hydrogen) atoms. The molecule has 0 aliphatic rings.